The second kappa shape index (κ2) is 8.90. The van der Waals surface area contributed by atoms with Gasteiger partial charge in [-0.3, -0.25) is 0 Å². The standard InChI is InChI=1S/C23H26F4/c1-2-3-4-5-15-6-8-16(9-7-15)17-12-21(26)23(22(27)13-17)18-10-19(24)14-20(25)11-18/h10-16H,2-9H2,1H3. The van der Waals surface area contributed by atoms with Gasteiger partial charge in [-0.15, -0.1) is 0 Å². The Morgan fingerprint density at radius 1 is 0.778 bits per heavy atom. The molecule has 1 aliphatic carbocycles. The van der Waals surface area contributed by atoms with Crippen LogP contribution in [0.1, 0.15) is 69.8 Å². The molecular formula is C23H26F4. The fraction of sp³-hybridized carbons (Fsp3) is 0.478. The lowest BCUT2D eigenvalue weighted by Gasteiger charge is -2.29. The number of hydrogen-bond acceptors (Lipinski definition) is 0. The first-order valence-electron chi connectivity index (χ1n) is 9.93. The lowest BCUT2D eigenvalue weighted by atomic mass is 9.77. The molecular weight excluding hydrogens is 352 g/mol. The monoisotopic (exact) mass is 378 g/mol. The summed E-state index contributed by atoms with van der Waals surface area (Å²) in [4.78, 5) is 0. The van der Waals surface area contributed by atoms with E-state index in [1.54, 1.807) is 0 Å². The van der Waals surface area contributed by atoms with Crippen molar-refractivity contribution >= 4 is 0 Å². The van der Waals surface area contributed by atoms with Gasteiger partial charge in [-0.25, -0.2) is 17.6 Å². The van der Waals surface area contributed by atoms with Crippen LogP contribution in [0.5, 0.6) is 0 Å². The Kier molecular flexibility index (Phi) is 6.56. The summed E-state index contributed by atoms with van der Waals surface area (Å²) in [6.45, 7) is 2.20. The van der Waals surface area contributed by atoms with E-state index in [0.717, 1.165) is 43.7 Å². The zero-order valence-corrected chi connectivity index (χ0v) is 15.7. The lowest BCUT2D eigenvalue weighted by Crippen LogP contribution is -2.14. The largest absolute Gasteiger partial charge is 0.207 e. The quantitative estimate of drug-likeness (QED) is 0.356. The summed E-state index contributed by atoms with van der Waals surface area (Å²) in [6.07, 6.45) is 9.03. The highest BCUT2D eigenvalue weighted by Gasteiger charge is 2.24. The molecule has 0 aliphatic heterocycles. The smallest absolute Gasteiger partial charge is 0.134 e. The molecule has 146 valence electrons. The Balaban J connectivity index is 1.74. The maximum atomic E-state index is 14.6. The third kappa shape index (κ3) is 4.91. The van der Waals surface area contributed by atoms with Gasteiger partial charge in [0.05, 0.1) is 5.56 Å². The molecule has 1 aliphatic rings. The Morgan fingerprint density at radius 3 is 1.93 bits per heavy atom. The van der Waals surface area contributed by atoms with Crippen molar-refractivity contribution in [3.8, 4) is 11.1 Å². The Bertz CT molecular complexity index is 733. The van der Waals surface area contributed by atoms with Crippen molar-refractivity contribution in [3.05, 3.63) is 59.2 Å². The predicted molar refractivity (Wildman–Crippen MR) is 101 cm³/mol. The topological polar surface area (TPSA) is 0 Å². The molecule has 0 N–H and O–H groups in total. The van der Waals surface area contributed by atoms with E-state index in [9.17, 15) is 17.6 Å². The van der Waals surface area contributed by atoms with Crippen LogP contribution in [0.3, 0.4) is 0 Å². The predicted octanol–water partition coefficient (Wildman–Crippen LogP) is 7.76. The molecule has 0 spiro atoms. The minimum absolute atomic E-state index is 0.117. The zero-order chi connectivity index (χ0) is 19.4. The molecule has 0 atom stereocenters. The van der Waals surface area contributed by atoms with Gasteiger partial charge in [-0.05, 0) is 72.9 Å². The van der Waals surface area contributed by atoms with E-state index in [4.69, 9.17) is 0 Å². The molecule has 0 saturated heterocycles. The van der Waals surface area contributed by atoms with Crippen molar-refractivity contribution in [3.63, 3.8) is 0 Å². The van der Waals surface area contributed by atoms with Crippen LogP contribution < -0.4 is 0 Å². The van der Waals surface area contributed by atoms with Crippen molar-refractivity contribution in [2.45, 2.75) is 64.2 Å². The highest BCUT2D eigenvalue weighted by Crippen LogP contribution is 2.39. The van der Waals surface area contributed by atoms with E-state index in [1.165, 1.54) is 37.8 Å². The van der Waals surface area contributed by atoms with Gasteiger partial charge < -0.3 is 0 Å². The average molecular weight is 378 g/mol. The molecule has 0 radical (unpaired) electrons. The molecule has 0 amide bonds. The summed E-state index contributed by atoms with van der Waals surface area (Å²) in [6, 6.07) is 5.26. The van der Waals surface area contributed by atoms with Crippen LogP contribution >= 0.6 is 0 Å². The van der Waals surface area contributed by atoms with Crippen LogP contribution in [-0.2, 0) is 0 Å². The van der Waals surface area contributed by atoms with Gasteiger partial charge in [0.2, 0.25) is 0 Å². The first kappa shape index (κ1) is 19.9. The molecule has 4 heteroatoms. The van der Waals surface area contributed by atoms with E-state index < -0.39 is 23.3 Å². The molecule has 0 nitrogen and oxygen atoms in total. The molecule has 1 saturated carbocycles. The Morgan fingerprint density at radius 2 is 1.37 bits per heavy atom. The molecule has 2 aromatic rings. The number of rotatable bonds is 6. The summed E-state index contributed by atoms with van der Waals surface area (Å²) in [5, 5.41) is 0. The van der Waals surface area contributed by atoms with Gasteiger partial charge in [0.25, 0.3) is 0 Å². The van der Waals surface area contributed by atoms with E-state index in [1.807, 2.05) is 0 Å². The van der Waals surface area contributed by atoms with Crippen molar-refractivity contribution in [2.24, 2.45) is 5.92 Å². The molecule has 27 heavy (non-hydrogen) atoms. The van der Waals surface area contributed by atoms with Crippen molar-refractivity contribution in [2.75, 3.05) is 0 Å². The highest BCUT2D eigenvalue weighted by atomic mass is 19.1. The van der Waals surface area contributed by atoms with Crippen molar-refractivity contribution in [1.29, 1.82) is 0 Å². The van der Waals surface area contributed by atoms with Crippen LogP contribution in [0.4, 0.5) is 17.6 Å². The van der Waals surface area contributed by atoms with Gasteiger partial charge >= 0.3 is 0 Å². The molecule has 1 fully saturated rings. The molecule has 0 aromatic heterocycles. The van der Waals surface area contributed by atoms with Crippen molar-refractivity contribution < 1.29 is 17.6 Å². The fourth-order valence-corrected chi connectivity index (χ4v) is 4.27. The van der Waals surface area contributed by atoms with Gasteiger partial charge in [0.15, 0.2) is 0 Å². The minimum atomic E-state index is -0.853. The molecule has 0 unspecified atom stereocenters. The number of benzene rings is 2. The maximum Gasteiger partial charge on any atom is 0.134 e. The molecule has 0 bridgehead atoms. The lowest BCUT2D eigenvalue weighted by molar-refractivity contribution is 0.302. The Labute approximate surface area is 158 Å². The second-order valence-electron chi connectivity index (χ2n) is 7.73. The second-order valence-corrected chi connectivity index (χ2v) is 7.73. The highest BCUT2D eigenvalue weighted by molar-refractivity contribution is 5.65. The van der Waals surface area contributed by atoms with Crippen LogP contribution in [-0.4, -0.2) is 0 Å². The number of hydrogen-bond donors (Lipinski definition) is 0. The van der Waals surface area contributed by atoms with Crippen LogP contribution in [0.15, 0.2) is 30.3 Å². The first-order chi connectivity index (χ1) is 13.0. The third-order valence-corrected chi connectivity index (χ3v) is 5.75. The molecule has 3 rings (SSSR count). The first-order valence-corrected chi connectivity index (χ1v) is 9.93. The summed E-state index contributed by atoms with van der Waals surface area (Å²) >= 11 is 0. The van der Waals surface area contributed by atoms with Gasteiger partial charge in [-0.1, -0.05) is 32.6 Å². The Hall–Kier alpha value is -1.84. The van der Waals surface area contributed by atoms with Gasteiger partial charge in [-0.2, -0.15) is 0 Å². The van der Waals surface area contributed by atoms with Gasteiger partial charge in [0, 0.05) is 6.07 Å². The molecule has 0 heterocycles. The van der Waals surface area contributed by atoms with Crippen molar-refractivity contribution in [1.82, 2.24) is 0 Å². The fourth-order valence-electron chi connectivity index (χ4n) is 4.27. The zero-order valence-electron chi connectivity index (χ0n) is 15.7. The van der Waals surface area contributed by atoms with Gasteiger partial charge in [0.1, 0.15) is 23.3 Å². The number of unbranched alkanes of at least 4 members (excludes halogenated alkanes) is 2. The summed E-state index contributed by atoms with van der Waals surface area (Å²) in [5.41, 5.74) is 0.164. The molecule has 2 aromatic carbocycles. The average Bonchev–Trinajstić information content (AvgIpc) is 2.61. The van der Waals surface area contributed by atoms with E-state index in [2.05, 4.69) is 6.92 Å². The minimum Gasteiger partial charge on any atom is -0.207 e. The van der Waals surface area contributed by atoms with E-state index in [0.29, 0.717) is 11.6 Å². The van der Waals surface area contributed by atoms with Crippen LogP contribution in [0.2, 0.25) is 0 Å². The summed E-state index contributed by atoms with van der Waals surface area (Å²) < 4.78 is 56.0. The summed E-state index contributed by atoms with van der Waals surface area (Å²) in [7, 11) is 0. The number of halogens is 4. The SMILES string of the molecule is CCCCCC1CCC(c2cc(F)c(-c3cc(F)cc(F)c3)c(F)c2)CC1. The van der Waals surface area contributed by atoms with E-state index in [-0.39, 0.29) is 17.0 Å². The van der Waals surface area contributed by atoms with Crippen LogP contribution in [0.25, 0.3) is 11.1 Å². The van der Waals surface area contributed by atoms with Crippen LogP contribution in [0, 0.1) is 29.2 Å². The normalized spacial score (nSPS) is 20.0. The van der Waals surface area contributed by atoms with E-state index >= 15 is 0 Å². The summed E-state index contributed by atoms with van der Waals surface area (Å²) in [5.74, 6) is -2.37. The maximum absolute atomic E-state index is 14.6. The third-order valence-electron chi connectivity index (χ3n) is 5.75.